The molecule has 0 bridgehead atoms. The van der Waals surface area contributed by atoms with Crippen LogP contribution in [0, 0.1) is 0 Å². The van der Waals surface area contributed by atoms with E-state index in [1.807, 2.05) is 171 Å². The van der Waals surface area contributed by atoms with Gasteiger partial charge in [-0.1, -0.05) is 37.3 Å². The zero-order valence-corrected chi connectivity index (χ0v) is 88.1. The molecular weight excluding hydrogens is 1900 g/mol. The third-order valence-corrected chi connectivity index (χ3v) is 28.7. The first-order valence-corrected chi connectivity index (χ1v) is 50.8. The summed E-state index contributed by atoms with van der Waals surface area (Å²) >= 11 is 0. The van der Waals surface area contributed by atoms with Crippen molar-refractivity contribution >= 4 is 56.1 Å². The van der Waals surface area contributed by atoms with Gasteiger partial charge in [0.2, 0.25) is 0 Å². The molecule has 0 radical (unpaired) electrons. The maximum Gasteiger partial charge on any atom is 0.258 e. The maximum atomic E-state index is 12.9. The van der Waals surface area contributed by atoms with Crippen LogP contribution in [0.4, 0.5) is 0 Å². The minimum Gasteiger partial charge on any atom is -0.493 e. The van der Waals surface area contributed by atoms with E-state index in [4.69, 9.17) is 72.0 Å². The van der Waals surface area contributed by atoms with Crippen LogP contribution in [-0.4, -0.2) is 242 Å². The third kappa shape index (κ3) is 24.2. The predicted molar refractivity (Wildman–Crippen MR) is 591 cm³/mol. The fourth-order valence-corrected chi connectivity index (χ4v) is 19.7. The van der Waals surface area contributed by atoms with Gasteiger partial charge in [-0.25, -0.2) is 24.9 Å². The van der Waals surface area contributed by atoms with E-state index < -0.39 is 0 Å². The molecule has 0 saturated carbocycles. The molecule has 31 heteroatoms. The van der Waals surface area contributed by atoms with Gasteiger partial charge >= 0.3 is 0 Å². The van der Waals surface area contributed by atoms with Gasteiger partial charge in [-0.05, 0) is 313 Å². The van der Waals surface area contributed by atoms with Gasteiger partial charge in [-0.2, -0.15) is 0 Å². The molecule has 31 nitrogen and oxygen atoms in total. The number of allylic oxidation sites excluding steroid dienone is 2. The summed E-state index contributed by atoms with van der Waals surface area (Å²) in [5, 5.41) is 3.33. The molecule has 0 spiro atoms. The molecule has 2 atom stereocenters. The molecule has 2 unspecified atom stereocenters. The molecule has 778 valence electrons. The van der Waals surface area contributed by atoms with E-state index in [-0.39, 0.29) is 27.8 Å². The van der Waals surface area contributed by atoms with Crippen molar-refractivity contribution < 1.29 is 52.1 Å². The highest BCUT2D eigenvalue weighted by Crippen LogP contribution is 2.40. The second-order valence-corrected chi connectivity index (χ2v) is 38.1. The quantitative estimate of drug-likeness (QED) is 0.0526. The molecule has 4 aliphatic heterocycles. The monoisotopic (exact) mass is 2030 g/mol. The second-order valence-electron chi connectivity index (χ2n) is 38.1. The maximum absolute atomic E-state index is 12.9. The van der Waals surface area contributed by atoms with Crippen molar-refractivity contribution in [2.75, 3.05) is 151 Å². The zero-order chi connectivity index (χ0) is 105. The van der Waals surface area contributed by atoms with Crippen LogP contribution < -0.4 is 80.5 Å². The molecular formula is C119H131N15O16. The minimum absolute atomic E-state index is 0.101. The average molecular weight is 2030 g/mol. The summed E-state index contributed by atoms with van der Waals surface area (Å²) < 4.78 is 66.7. The van der Waals surface area contributed by atoms with Crippen LogP contribution in [0.25, 0.3) is 112 Å². The number of ether oxygens (including phenoxy) is 11. The van der Waals surface area contributed by atoms with Crippen molar-refractivity contribution in [2.24, 2.45) is 0 Å². The first kappa shape index (κ1) is 106. The van der Waals surface area contributed by atoms with Crippen molar-refractivity contribution in [3.05, 3.63) is 323 Å². The first-order chi connectivity index (χ1) is 72.9. The van der Waals surface area contributed by atoms with Crippen molar-refractivity contribution in [1.82, 2.24) is 71.8 Å². The fraction of sp³-hybridized carbons (Fsp3) is 0.328. The summed E-state index contributed by atoms with van der Waals surface area (Å²) in [6.45, 7) is 15.4. The van der Waals surface area contributed by atoms with E-state index in [0.29, 0.717) is 138 Å². The number of hydrogen-bond acceptors (Lipinski definition) is 26. The van der Waals surface area contributed by atoms with Gasteiger partial charge in [0.15, 0.2) is 57.5 Å². The lowest BCUT2D eigenvalue weighted by Crippen LogP contribution is -2.50. The first-order valence-electron chi connectivity index (χ1n) is 50.8. The van der Waals surface area contributed by atoms with E-state index in [2.05, 4.69) is 113 Å². The molecule has 6 aliphatic rings. The standard InChI is InChI=1S/C24H25N3O4.3C24H27N3O3.C23H25N3O3/c1-29-21-5-3-17(11-22(21)30-2)20-12-24(28)27-13-18(4-6-23(27)25-20)16-7-9-26(10-8-16)19-14-31-15-19;1-26(2)19-9-5-16(6-10-19)18-8-12-23-25-20(14-24(28)27(23)15-18)17-7-11-21(29-3)22(13-17)30-4;1-16(2)26-11-9-17(10-12-26)19-6-8-23-25-20(14-24(28)27(23)15-19)18-5-7-21(29-3)22(13-18)30-4;1-4-11-26-12-9-17(10-13-26)19-6-8-23-25-20(15-24(28)27(23)16-19)18-5-7-21(29-2)22(14-18)30-3;1-24-18-8-4-15(5-9-18)17-7-11-22-25-19(13-23(27)26(22)14-17)16-6-10-20(28-2)21(12-16)29-3/h3-7,11-13,19H,8-10,14-15H2,1-2H3;5,7-8,11-15,19H,6,9-10H2,1-4H3;5-9,13-16H,10-12H2,1-4H3;5-9,14-16H,4,10-13H2,1-3H3;4,6-7,10-14,18,24H,5,8-9H2,1-3H3. The molecule has 1 fully saturated rings. The number of nitrogens with zero attached hydrogens (tertiary/aromatic N) is 14. The summed E-state index contributed by atoms with van der Waals surface area (Å²) in [7, 11) is 22.2. The molecule has 150 heavy (non-hydrogen) atoms. The Morgan fingerprint density at radius 1 is 0.340 bits per heavy atom. The Balaban J connectivity index is 0.000000128. The number of fused-ring (bicyclic) bond motifs is 5. The van der Waals surface area contributed by atoms with E-state index in [1.165, 1.54) is 34.3 Å². The molecule has 0 amide bonds. The SMILES string of the molecule is CCCN1CC=C(c2ccc3nc(-c4ccc(OC)c(OC)c4)cc(=O)n3c2)CC1.CNC1CC=C(c2ccc3nc(-c4ccc(OC)c(OC)c4)cc(=O)n3c2)CC1.COc1ccc(-c2cc(=O)n3cc(C4=CCC(N(C)C)CC4)ccc3n2)cc1OC.COc1ccc(-c2cc(=O)n3cc(C4=CCN(C(C)C)CC4)ccc3n2)cc1OC.COc1ccc(-c2cc(=O)n3cc(C4=CCN(C5COC5)CC4)ccc3n2)cc1OC. The molecule has 1 N–H and O–H groups in total. The minimum atomic E-state index is -0.110. The molecule has 21 rings (SSSR count). The fourth-order valence-electron chi connectivity index (χ4n) is 19.7. The second kappa shape index (κ2) is 48.6. The summed E-state index contributed by atoms with van der Waals surface area (Å²) in [4.78, 5) is 97.4. The molecule has 1 saturated heterocycles. The number of nitrogens with one attached hydrogen (secondary N) is 1. The van der Waals surface area contributed by atoms with Gasteiger partial charge in [-0.15, -0.1) is 0 Å². The van der Waals surface area contributed by atoms with Gasteiger partial charge in [0.1, 0.15) is 28.2 Å². The van der Waals surface area contributed by atoms with Gasteiger partial charge in [0.05, 0.1) is 119 Å². The van der Waals surface area contributed by atoms with E-state index in [0.717, 1.165) is 172 Å². The molecule has 2 aliphatic carbocycles. The van der Waals surface area contributed by atoms with Crippen molar-refractivity contribution in [1.29, 1.82) is 0 Å². The van der Waals surface area contributed by atoms with Crippen LogP contribution in [0.5, 0.6) is 57.5 Å². The highest BCUT2D eigenvalue weighted by molar-refractivity contribution is 5.76. The summed E-state index contributed by atoms with van der Waals surface area (Å²) in [6.07, 6.45) is 31.3. The van der Waals surface area contributed by atoms with Gasteiger partial charge in [0.25, 0.3) is 27.8 Å². The number of benzene rings is 5. The third-order valence-electron chi connectivity index (χ3n) is 28.7. The Bertz CT molecular complexity index is 7790. The van der Waals surface area contributed by atoms with Crippen LogP contribution in [-0.2, 0) is 4.74 Å². The summed E-state index contributed by atoms with van der Waals surface area (Å²) in [5.41, 5.74) is 21.5. The lowest BCUT2D eigenvalue weighted by Gasteiger charge is -2.38. The molecule has 5 aromatic carbocycles. The molecule has 10 aromatic heterocycles. The van der Waals surface area contributed by atoms with Crippen molar-refractivity contribution in [3.63, 3.8) is 0 Å². The molecule has 15 aromatic rings. The van der Waals surface area contributed by atoms with Gasteiger partial charge in [0, 0.05) is 147 Å². The Labute approximate surface area is 872 Å². The zero-order valence-electron chi connectivity index (χ0n) is 88.1. The highest BCUT2D eigenvalue weighted by Gasteiger charge is 2.29. The largest absolute Gasteiger partial charge is 0.493 e. The van der Waals surface area contributed by atoms with Crippen LogP contribution in [0.15, 0.2) is 267 Å². The average Bonchev–Trinajstić information content (AvgIpc) is 0.795. The molecule has 14 heterocycles. The highest BCUT2D eigenvalue weighted by atomic mass is 16.5. The summed E-state index contributed by atoms with van der Waals surface area (Å²) in [6, 6.07) is 57.5. The Morgan fingerprint density at radius 2 is 0.633 bits per heavy atom. The smallest absolute Gasteiger partial charge is 0.258 e. The van der Waals surface area contributed by atoms with Crippen molar-refractivity contribution in [3.8, 4) is 114 Å². The topological polar surface area (TPSA) is 298 Å². The Kier molecular flexibility index (Phi) is 34.2. The van der Waals surface area contributed by atoms with Crippen LogP contribution >= 0.6 is 0 Å². The number of hydrogen-bond donors (Lipinski definition) is 1. The van der Waals surface area contributed by atoms with Gasteiger partial charge < -0.3 is 62.3 Å². The number of rotatable bonds is 26. The number of methoxy groups -OCH3 is 10. The van der Waals surface area contributed by atoms with Crippen LogP contribution in [0.1, 0.15) is 113 Å². The lowest BCUT2D eigenvalue weighted by molar-refractivity contribution is -0.0612. The van der Waals surface area contributed by atoms with E-state index in [9.17, 15) is 24.0 Å². The van der Waals surface area contributed by atoms with Crippen LogP contribution in [0.3, 0.4) is 0 Å². The number of aromatic nitrogens is 10. The van der Waals surface area contributed by atoms with E-state index >= 15 is 0 Å². The number of pyridine rings is 5. The Morgan fingerprint density at radius 3 is 0.867 bits per heavy atom. The predicted octanol–water partition coefficient (Wildman–Crippen LogP) is 18.0. The van der Waals surface area contributed by atoms with E-state index in [1.54, 1.807) is 123 Å². The summed E-state index contributed by atoms with van der Waals surface area (Å²) in [5.74, 6) is 6.21. The Hall–Kier alpha value is -15.6. The van der Waals surface area contributed by atoms with Gasteiger partial charge in [-0.3, -0.25) is 60.7 Å². The normalized spacial score (nSPS) is 15.9. The van der Waals surface area contributed by atoms with Crippen molar-refractivity contribution in [2.45, 2.75) is 109 Å². The van der Waals surface area contributed by atoms with Crippen LogP contribution in [0.2, 0.25) is 0 Å². The lowest BCUT2D eigenvalue weighted by atomic mass is 9.91.